The van der Waals surface area contributed by atoms with Crippen LogP contribution in [0.5, 0.6) is 0 Å². The van der Waals surface area contributed by atoms with Gasteiger partial charge in [-0.2, -0.15) is 0 Å². The number of carbonyl (C=O) groups excluding carboxylic acids is 1. The van der Waals surface area contributed by atoms with Gasteiger partial charge >= 0.3 is 0 Å². The van der Waals surface area contributed by atoms with E-state index in [-0.39, 0.29) is 5.91 Å². The fourth-order valence-electron chi connectivity index (χ4n) is 3.35. The minimum atomic E-state index is 0.151. The van der Waals surface area contributed by atoms with E-state index in [1.807, 2.05) is 25.7 Å². The maximum atomic E-state index is 12.7. The molecule has 2 saturated heterocycles. The minimum absolute atomic E-state index is 0.151. The van der Waals surface area contributed by atoms with Crippen LogP contribution >= 0.6 is 0 Å². The minimum Gasteiger partial charge on any atom is -0.466 e. The summed E-state index contributed by atoms with van der Waals surface area (Å²) in [5, 5.41) is 3.38. The Morgan fingerprint density at radius 3 is 2.72 bits per heavy atom. The lowest BCUT2D eigenvalue weighted by molar-refractivity contribution is 0.0734. The van der Waals surface area contributed by atoms with Crippen molar-refractivity contribution in [2.75, 3.05) is 19.6 Å². The van der Waals surface area contributed by atoms with Crippen molar-refractivity contribution in [2.24, 2.45) is 5.92 Å². The van der Waals surface area contributed by atoms with Gasteiger partial charge in [0.2, 0.25) is 0 Å². The van der Waals surface area contributed by atoms with E-state index >= 15 is 0 Å². The Balaban J connectivity index is 1.91. The number of fused-ring (bicyclic) bond motifs is 1. The second kappa shape index (κ2) is 4.12. The van der Waals surface area contributed by atoms with Gasteiger partial charge < -0.3 is 14.6 Å². The lowest BCUT2D eigenvalue weighted by atomic mass is 10.0. The summed E-state index contributed by atoms with van der Waals surface area (Å²) in [5.41, 5.74) is 1.77. The number of hydrogen-bond acceptors (Lipinski definition) is 3. The predicted molar refractivity (Wildman–Crippen MR) is 68.7 cm³/mol. The number of hydrogen-bond donors (Lipinski definition) is 1. The summed E-state index contributed by atoms with van der Waals surface area (Å²) in [6, 6.07) is 0.381. The molecule has 18 heavy (non-hydrogen) atoms. The van der Waals surface area contributed by atoms with Gasteiger partial charge in [0.1, 0.15) is 11.5 Å². The number of rotatable bonds is 1. The molecular weight excluding hydrogens is 228 g/mol. The van der Waals surface area contributed by atoms with Gasteiger partial charge in [-0.1, -0.05) is 0 Å². The van der Waals surface area contributed by atoms with Gasteiger partial charge in [-0.3, -0.25) is 4.79 Å². The zero-order chi connectivity index (χ0) is 12.9. The van der Waals surface area contributed by atoms with Gasteiger partial charge in [0.15, 0.2) is 0 Å². The average Bonchev–Trinajstić information content (AvgIpc) is 2.94. The van der Waals surface area contributed by atoms with Crippen molar-refractivity contribution in [1.82, 2.24) is 10.2 Å². The molecule has 4 heteroatoms. The molecule has 0 unspecified atom stereocenters. The third-order valence-electron chi connectivity index (χ3n) is 4.48. The average molecular weight is 248 g/mol. The number of nitrogens with one attached hydrogen (secondary N) is 1. The molecule has 3 rings (SSSR count). The van der Waals surface area contributed by atoms with Crippen LogP contribution in [0, 0.1) is 26.7 Å². The number of amides is 1. The fraction of sp³-hybridized carbons (Fsp3) is 0.643. The normalized spacial score (nSPS) is 26.7. The van der Waals surface area contributed by atoms with Crippen molar-refractivity contribution in [3.63, 3.8) is 0 Å². The number of aryl methyl sites for hydroxylation is 2. The Bertz CT molecular complexity index is 492. The highest BCUT2D eigenvalue weighted by Gasteiger charge is 2.41. The van der Waals surface area contributed by atoms with Gasteiger partial charge in [-0.25, -0.2) is 0 Å². The molecule has 0 aromatic carbocycles. The Labute approximate surface area is 107 Å². The standard InChI is InChI=1S/C14H20N2O2/c1-8-9(2)18-10(3)13(8)14(17)16-5-4-11-6-15-7-12(11)16/h11-12,15H,4-7H2,1-3H3/t11-,12+/m1/s1. The van der Waals surface area contributed by atoms with Gasteiger partial charge in [0.25, 0.3) is 5.91 Å². The summed E-state index contributed by atoms with van der Waals surface area (Å²) in [6.07, 6.45) is 1.12. The lowest BCUT2D eigenvalue weighted by Gasteiger charge is -2.23. The molecule has 0 bridgehead atoms. The van der Waals surface area contributed by atoms with Gasteiger partial charge in [-0.05, 0) is 33.1 Å². The van der Waals surface area contributed by atoms with Crippen LogP contribution in [0.2, 0.25) is 0 Å². The Morgan fingerprint density at radius 1 is 1.28 bits per heavy atom. The number of furan rings is 1. The lowest BCUT2D eigenvalue weighted by Crippen LogP contribution is -2.39. The molecule has 0 aliphatic carbocycles. The van der Waals surface area contributed by atoms with Crippen LogP contribution < -0.4 is 5.32 Å². The maximum absolute atomic E-state index is 12.7. The molecular formula is C14H20N2O2. The van der Waals surface area contributed by atoms with Crippen molar-refractivity contribution >= 4 is 5.91 Å². The fourth-order valence-corrected chi connectivity index (χ4v) is 3.35. The van der Waals surface area contributed by atoms with E-state index < -0.39 is 0 Å². The molecule has 0 radical (unpaired) electrons. The van der Waals surface area contributed by atoms with Crippen LogP contribution in [0.3, 0.4) is 0 Å². The van der Waals surface area contributed by atoms with Crippen LogP contribution in [-0.4, -0.2) is 36.5 Å². The second-order valence-corrected chi connectivity index (χ2v) is 5.49. The molecule has 0 saturated carbocycles. The SMILES string of the molecule is Cc1oc(C)c(C(=O)N2CC[C@@H]3CNC[C@@H]32)c1C. The van der Waals surface area contributed by atoms with Crippen molar-refractivity contribution in [3.8, 4) is 0 Å². The zero-order valence-electron chi connectivity index (χ0n) is 11.2. The third kappa shape index (κ3) is 1.59. The van der Waals surface area contributed by atoms with E-state index in [9.17, 15) is 4.79 Å². The monoisotopic (exact) mass is 248 g/mol. The summed E-state index contributed by atoms with van der Waals surface area (Å²) in [5.74, 6) is 2.40. The van der Waals surface area contributed by atoms with Crippen molar-refractivity contribution in [2.45, 2.75) is 33.2 Å². The predicted octanol–water partition coefficient (Wildman–Crippen LogP) is 1.64. The molecule has 3 heterocycles. The van der Waals surface area contributed by atoms with Crippen LogP contribution in [0.15, 0.2) is 4.42 Å². The third-order valence-corrected chi connectivity index (χ3v) is 4.48. The highest BCUT2D eigenvalue weighted by atomic mass is 16.3. The number of carbonyl (C=O) groups is 1. The maximum Gasteiger partial charge on any atom is 0.257 e. The van der Waals surface area contributed by atoms with E-state index in [1.165, 1.54) is 0 Å². The van der Waals surface area contributed by atoms with Crippen LogP contribution in [0.4, 0.5) is 0 Å². The largest absolute Gasteiger partial charge is 0.466 e. The van der Waals surface area contributed by atoms with Gasteiger partial charge in [-0.15, -0.1) is 0 Å². The van der Waals surface area contributed by atoms with Crippen molar-refractivity contribution in [1.29, 1.82) is 0 Å². The summed E-state index contributed by atoms with van der Waals surface area (Å²) >= 11 is 0. The molecule has 1 N–H and O–H groups in total. The highest BCUT2D eigenvalue weighted by molar-refractivity contribution is 5.97. The molecule has 1 amide bonds. The first-order valence-electron chi connectivity index (χ1n) is 6.68. The topological polar surface area (TPSA) is 45.5 Å². The Hall–Kier alpha value is -1.29. The van der Waals surface area contributed by atoms with Crippen LogP contribution in [0.25, 0.3) is 0 Å². The molecule has 1 aromatic rings. The van der Waals surface area contributed by atoms with E-state index in [4.69, 9.17) is 4.42 Å². The van der Waals surface area contributed by atoms with Crippen LogP contribution in [0.1, 0.15) is 33.9 Å². The summed E-state index contributed by atoms with van der Waals surface area (Å²) in [6.45, 7) is 8.65. The van der Waals surface area contributed by atoms with Crippen molar-refractivity contribution in [3.05, 3.63) is 22.6 Å². The first-order valence-corrected chi connectivity index (χ1v) is 6.68. The molecule has 2 aliphatic heterocycles. The van der Waals surface area contributed by atoms with Crippen molar-refractivity contribution < 1.29 is 9.21 Å². The summed E-state index contributed by atoms with van der Waals surface area (Å²) in [7, 11) is 0. The van der Waals surface area contributed by atoms with Gasteiger partial charge in [0.05, 0.1) is 5.56 Å². The highest BCUT2D eigenvalue weighted by Crippen LogP contribution is 2.31. The second-order valence-electron chi connectivity index (χ2n) is 5.49. The zero-order valence-corrected chi connectivity index (χ0v) is 11.2. The summed E-state index contributed by atoms with van der Waals surface area (Å²) < 4.78 is 5.57. The van der Waals surface area contributed by atoms with Gasteiger partial charge in [0, 0.05) is 31.2 Å². The van der Waals surface area contributed by atoms with E-state index in [1.54, 1.807) is 0 Å². The van der Waals surface area contributed by atoms with E-state index in [0.717, 1.165) is 48.7 Å². The molecule has 2 aliphatic rings. The first-order chi connectivity index (χ1) is 8.59. The first kappa shape index (κ1) is 11.8. The Kier molecular flexibility index (Phi) is 2.70. The molecule has 98 valence electrons. The van der Waals surface area contributed by atoms with E-state index in [2.05, 4.69) is 5.32 Å². The number of likely N-dealkylation sites (tertiary alicyclic amines) is 1. The molecule has 0 spiro atoms. The number of nitrogens with zero attached hydrogens (tertiary/aromatic N) is 1. The molecule has 4 nitrogen and oxygen atoms in total. The molecule has 2 fully saturated rings. The quantitative estimate of drug-likeness (QED) is 0.821. The smallest absolute Gasteiger partial charge is 0.257 e. The summed E-state index contributed by atoms with van der Waals surface area (Å²) in [4.78, 5) is 14.7. The van der Waals surface area contributed by atoms with E-state index in [0.29, 0.717) is 12.0 Å². The Morgan fingerprint density at radius 2 is 2.06 bits per heavy atom. The molecule has 2 atom stereocenters. The molecule has 1 aromatic heterocycles. The van der Waals surface area contributed by atoms with Crippen LogP contribution in [-0.2, 0) is 0 Å².